The molecule has 5 nitrogen and oxygen atoms in total. The number of nitrogens with one attached hydrogen (secondary N) is 2. The second kappa shape index (κ2) is 7.80. The van der Waals surface area contributed by atoms with Gasteiger partial charge in [0.15, 0.2) is 0 Å². The summed E-state index contributed by atoms with van der Waals surface area (Å²) in [4.78, 5) is 20.8. The van der Waals surface area contributed by atoms with Crippen molar-refractivity contribution in [2.45, 2.75) is 44.9 Å². The van der Waals surface area contributed by atoms with Gasteiger partial charge >= 0.3 is 0 Å². The van der Waals surface area contributed by atoms with Gasteiger partial charge in [-0.2, -0.15) is 0 Å². The van der Waals surface area contributed by atoms with E-state index in [0.29, 0.717) is 23.8 Å². The highest BCUT2D eigenvalue weighted by Crippen LogP contribution is 2.57. The van der Waals surface area contributed by atoms with Crippen molar-refractivity contribution < 1.29 is 9.90 Å². The van der Waals surface area contributed by atoms with Gasteiger partial charge in [-0.15, -0.1) is 0 Å². The van der Waals surface area contributed by atoms with Gasteiger partial charge in [0, 0.05) is 29.1 Å². The van der Waals surface area contributed by atoms with Crippen LogP contribution in [-0.2, 0) is 11.2 Å². The zero-order valence-corrected chi connectivity index (χ0v) is 18.7. The second-order valence-corrected chi connectivity index (χ2v) is 10.6. The average molecular weight is 450 g/mol. The van der Waals surface area contributed by atoms with Gasteiger partial charge in [-0.05, 0) is 98.1 Å². The summed E-state index contributed by atoms with van der Waals surface area (Å²) >= 11 is 6.06. The fourth-order valence-electron chi connectivity index (χ4n) is 6.89. The number of imidazole rings is 1. The van der Waals surface area contributed by atoms with Crippen LogP contribution in [0.1, 0.15) is 49.9 Å². The SMILES string of the molecule is O=C(CC1C2CC3CC(C2)CC1C3)Nc1ccc2[nH]c(Cc3cc(Cl)ccc3O)nc2c1. The molecule has 0 aliphatic heterocycles. The van der Waals surface area contributed by atoms with Gasteiger partial charge in [0.25, 0.3) is 0 Å². The Labute approximate surface area is 192 Å². The maximum Gasteiger partial charge on any atom is 0.224 e. The number of aromatic amines is 1. The van der Waals surface area contributed by atoms with E-state index < -0.39 is 0 Å². The molecule has 4 bridgehead atoms. The summed E-state index contributed by atoms with van der Waals surface area (Å²) in [7, 11) is 0. The highest BCUT2D eigenvalue weighted by Gasteiger charge is 2.48. The van der Waals surface area contributed by atoms with Crippen LogP contribution in [0.5, 0.6) is 5.75 Å². The smallest absolute Gasteiger partial charge is 0.224 e. The molecule has 0 unspecified atom stereocenters. The lowest BCUT2D eigenvalue weighted by molar-refractivity contribution is -0.121. The Bertz CT molecular complexity index is 1160. The van der Waals surface area contributed by atoms with Crippen LogP contribution in [0, 0.1) is 29.6 Å². The summed E-state index contributed by atoms with van der Waals surface area (Å²) in [5, 5.41) is 13.8. The predicted octanol–water partition coefficient (Wildman–Crippen LogP) is 5.91. The Morgan fingerprint density at radius 2 is 1.81 bits per heavy atom. The zero-order valence-electron chi connectivity index (χ0n) is 18.0. The summed E-state index contributed by atoms with van der Waals surface area (Å²) in [6.45, 7) is 0. The van der Waals surface area contributed by atoms with Crippen molar-refractivity contribution in [3.05, 3.63) is 52.8 Å². The maximum atomic E-state index is 12.9. The number of anilines is 1. The van der Waals surface area contributed by atoms with E-state index in [4.69, 9.17) is 11.6 Å². The molecule has 0 radical (unpaired) electrons. The number of H-pyrrole nitrogens is 1. The highest BCUT2D eigenvalue weighted by molar-refractivity contribution is 6.30. The van der Waals surface area contributed by atoms with E-state index in [1.54, 1.807) is 18.2 Å². The van der Waals surface area contributed by atoms with Gasteiger partial charge in [-0.25, -0.2) is 4.98 Å². The first-order valence-corrected chi connectivity index (χ1v) is 12.1. The van der Waals surface area contributed by atoms with Crippen LogP contribution in [0.15, 0.2) is 36.4 Å². The van der Waals surface area contributed by atoms with Gasteiger partial charge in [0.2, 0.25) is 5.91 Å². The number of benzene rings is 2. The summed E-state index contributed by atoms with van der Waals surface area (Å²) in [5.74, 6) is 5.02. The fraction of sp³-hybridized carbons (Fsp3) is 0.462. The van der Waals surface area contributed by atoms with Crippen LogP contribution in [0.4, 0.5) is 5.69 Å². The summed E-state index contributed by atoms with van der Waals surface area (Å²) < 4.78 is 0. The zero-order chi connectivity index (χ0) is 21.8. The van der Waals surface area contributed by atoms with Crippen molar-refractivity contribution in [2.75, 3.05) is 5.32 Å². The quantitative estimate of drug-likeness (QED) is 0.452. The van der Waals surface area contributed by atoms with Gasteiger partial charge in [-0.1, -0.05) is 11.6 Å². The fourth-order valence-corrected chi connectivity index (χ4v) is 7.09. The molecule has 3 aromatic rings. The lowest BCUT2D eigenvalue weighted by Gasteiger charge is -2.54. The number of rotatable bonds is 5. The first-order chi connectivity index (χ1) is 15.5. The molecule has 32 heavy (non-hydrogen) atoms. The van der Waals surface area contributed by atoms with E-state index in [0.717, 1.165) is 51.8 Å². The van der Waals surface area contributed by atoms with E-state index >= 15 is 0 Å². The minimum atomic E-state index is 0.126. The van der Waals surface area contributed by atoms with Crippen LogP contribution in [0.25, 0.3) is 11.0 Å². The summed E-state index contributed by atoms with van der Waals surface area (Å²) in [6, 6.07) is 10.8. The van der Waals surface area contributed by atoms with E-state index in [2.05, 4.69) is 15.3 Å². The number of carbonyl (C=O) groups excluding carboxylic acids is 1. The molecule has 0 saturated heterocycles. The molecule has 0 atom stereocenters. The third kappa shape index (κ3) is 3.77. The standard InChI is InChI=1S/C26H28ClN3O2/c27-19-1-4-24(31)18(10-19)11-25-29-22-3-2-20(12-23(22)30-25)28-26(32)13-21-16-6-14-5-15(8-16)9-17(21)7-14/h1-4,10,12,14-17,21,31H,5-9,11,13H2,(H,28,32)(H,29,30). The van der Waals surface area contributed by atoms with E-state index in [1.807, 2.05) is 18.2 Å². The molecule has 4 fully saturated rings. The predicted molar refractivity (Wildman–Crippen MR) is 126 cm³/mol. The molecule has 4 saturated carbocycles. The first-order valence-electron chi connectivity index (χ1n) is 11.8. The normalized spacial score (nSPS) is 28.3. The third-order valence-electron chi connectivity index (χ3n) is 8.06. The Balaban J connectivity index is 1.14. The van der Waals surface area contributed by atoms with Crippen molar-refractivity contribution >= 4 is 34.2 Å². The molecule has 2 aromatic carbocycles. The topological polar surface area (TPSA) is 78.0 Å². The number of carbonyl (C=O) groups is 1. The molecule has 1 amide bonds. The summed E-state index contributed by atoms with van der Waals surface area (Å²) in [6.07, 6.45) is 7.91. The Hall–Kier alpha value is -2.53. The largest absolute Gasteiger partial charge is 0.508 e. The van der Waals surface area contributed by atoms with Crippen LogP contribution in [-0.4, -0.2) is 21.0 Å². The van der Waals surface area contributed by atoms with Gasteiger partial charge in [-0.3, -0.25) is 4.79 Å². The molecular formula is C26H28ClN3O2. The van der Waals surface area contributed by atoms with Crippen molar-refractivity contribution in [3.8, 4) is 5.75 Å². The Morgan fingerprint density at radius 3 is 2.56 bits per heavy atom. The molecular weight excluding hydrogens is 422 g/mol. The van der Waals surface area contributed by atoms with Gasteiger partial charge in [0.1, 0.15) is 11.6 Å². The van der Waals surface area contributed by atoms with Crippen LogP contribution >= 0.6 is 11.6 Å². The average Bonchev–Trinajstić information content (AvgIpc) is 3.14. The van der Waals surface area contributed by atoms with Gasteiger partial charge < -0.3 is 15.4 Å². The summed E-state index contributed by atoms with van der Waals surface area (Å²) in [5.41, 5.74) is 3.21. The maximum absolute atomic E-state index is 12.9. The number of hydrogen-bond donors (Lipinski definition) is 3. The first kappa shape index (κ1) is 20.1. The Kier molecular flexibility index (Phi) is 4.90. The second-order valence-electron chi connectivity index (χ2n) is 10.2. The number of nitrogens with zero attached hydrogens (tertiary/aromatic N) is 1. The molecule has 3 N–H and O–H groups in total. The minimum Gasteiger partial charge on any atom is -0.508 e. The molecule has 0 spiro atoms. The highest BCUT2D eigenvalue weighted by atomic mass is 35.5. The van der Waals surface area contributed by atoms with Crippen molar-refractivity contribution in [2.24, 2.45) is 29.6 Å². The number of halogens is 1. The van der Waals surface area contributed by atoms with Crippen LogP contribution in [0.2, 0.25) is 5.02 Å². The number of phenolic OH excluding ortho intramolecular Hbond substituents is 1. The minimum absolute atomic E-state index is 0.126. The number of phenols is 1. The third-order valence-corrected chi connectivity index (χ3v) is 8.29. The number of aromatic nitrogens is 2. The van der Waals surface area contributed by atoms with Crippen molar-refractivity contribution in [3.63, 3.8) is 0 Å². The molecule has 7 rings (SSSR count). The van der Waals surface area contributed by atoms with Crippen molar-refractivity contribution in [1.82, 2.24) is 9.97 Å². The number of amides is 1. The molecule has 6 heteroatoms. The van der Waals surface area contributed by atoms with Gasteiger partial charge in [0.05, 0.1) is 11.0 Å². The Morgan fingerprint density at radius 1 is 1.06 bits per heavy atom. The lowest BCUT2D eigenvalue weighted by atomic mass is 9.51. The molecule has 4 aliphatic carbocycles. The number of hydrogen-bond acceptors (Lipinski definition) is 3. The van der Waals surface area contributed by atoms with E-state index in [9.17, 15) is 9.90 Å². The molecule has 166 valence electrons. The monoisotopic (exact) mass is 449 g/mol. The number of aromatic hydroxyl groups is 1. The lowest BCUT2D eigenvalue weighted by Crippen LogP contribution is -2.46. The molecule has 1 aromatic heterocycles. The van der Waals surface area contributed by atoms with Crippen LogP contribution < -0.4 is 5.32 Å². The number of fused-ring (bicyclic) bond motifs is 1. The molecule has 1 heterocycles. The van der Waals surface area contributed by atoms with E-state index in [1.165, 1.54) is 32.1 Å². The molecule has 4 aliphatic rings. The van der Waals surface area contributed by atoms with Crippen molar-refractivity contribution in [1.29, 1.82) is 0 Å². The van der Waals surface area contributed by atoms with E-state index in [-0.39, 0.29) is 11.7 Å². The van der Waals surface area contributed by atoms with Crippen LogP contribution in [0.3, 0.4) is 0 Å².